The molecule has 0 heterocycles. The number of nitrogens with zero attached hydrogens (tertiary/aromatic N) is 1. The highest BCUT2D eigenvalue weighted by atomic mass is 16.4. The van der Waals surface area contributed by atoms with Crippen molar-refractivity contribution in [3.8, 4) is 11.1 Å². The van der Waals surface area contributed by atoms with Gasteiger partial charge in [0.05, 0.1) is 0 Å². The molecule has 0 bridgehead atoms. The highest BCUT2D eigenvalue weighted by Gasteiger charge is 2.02. The van der Waals surface area contributed by atoms with Crippen LogP contribution in [0, 0.1) is 0 Å². The lowest BCUT2D eigenvalue weighted by molar-refractivity contribution is -0.131. The summed E-state index contributed by atoms with van der Waals surface area (Å²) >= 11 is 0. The summed E-state index contributed by atoms with van der Waals surface area (Å²) in [6.07, 6.45) is 1.92. The minimum atomic E-state index is -0.894. The number of carboxylic acids is 1. The normalized spacial score (nSPS) is 11.3. The van der Waals surface area contributed by atoms with Crippen molar-refractivity contribution in [2.45, 2.75) is 13.3 Å². The van der Waals surface area contributed by atoms with Gasteiger partial charge in [0, 0.05) is 25.9 Å². The van der Waals surface area contributed by atoms with E-state index < -0.39 is 5.97 Å². The van der Waals surface area contributed by atoms with Crippen LogP contribution >= 0.6 is 0 Å². The standard InChI is InChI=1S/C19H21NO2/c1-14(12-19(21)22)11-15-7-9-16(10-8-15)17-5-4-6-18(13-17)20(2)3/h4-10,12-13H,11H2,1-3H3,(H,21,22)/b14-12+. The predicted octanol–water partition coefficient (Wildman–Crippen LogP) is 3.99. The van der Waals surface area contributed by atoms with Gasteiger partial charge >= 0.3 is 5.97 Å². The maximum absolute atomic E-state index is 10.6. The Hall–Kier alpha value is -2.55. The first-order chi connectivity index (χ1) is 10.5. The van der Waals surface area contributed by atoms with Gasteiger partial charge in [-0.2, -0.15) is 0 Å². The van der Waals surface area contributed by atoms with Gasteiger partial charge in [-0.1, -0.05) is 42.0 Å². The molecule has 3 heteroatoms. The number of benzene rings is 2. The summed E-state index contributed by atoms with van der Waals surface area (Å²) in [5.74, 6) is -0.894. The Morgan fingerprint density at radius 2 is 1.77 bits per heavy atom. The number of anilines is 1. The molecule has 0 spiro atoms. The first-order valence-electron chi connectivity index (χ1n) is 7.22. The Kier molecular flexibility index (Phi) is 4.99. The number of allylic oxidation sites excluding steroid dienone is 1. The highest BCUT2D eigenvalue weighted by molar-refractivity contribution is 5.80. The van der Waals surface area contributed by atoms with Crippen molar-refractivity contribution < 1.29 is 9.90 Å². The van der Waals surface area contributed by atoms with E-state index in [-0.39, 0.29) is 0 Å². The van der Waals surface area contributed by atoms with Gasteiger partial charge < -0.3 is 10.0 Å². The van der Waals surface area contributed by atoms with E-state index in [2.05, 4.69) is 53.4 Å². The molecule has 0 fully saturated rings. The fraction of sp³-hybridized carbons (Fsp3) is 0.211. The van der Waals surface area contributed by atoms with Crippen molar-refractivity contribution in [2.75, 3.05) is 19.0 Å². The Labute approximate surface area is 131 Å². The van der Waals surface area contributed by atoms with E-state index in [4.69, 9.17) is 5.11 Å². The van der Waals surface area contributed by atoms with E-state index in [0.717, 1.165) is 16.7 Å². The SMILES string of the molecule is C/C(=C\C(=O)O)Cc1ccc(-c2cccc(N(C)C)c2)cc1. The number of hydrogen-bond acceptors (Lipinski definition) is 2. The van der Waals surface area contributed by atoms with Gasteiger partial charge in [-0.25, -0.2) is 4.79 Å². The van der Waals surface area contributed by atoms with Crippen LogP contribution in [0.1, 0.15) is 12.5 Å². The van der Waals surface area contributed by atoms with Gasteiger partial charge in [-0.05, 0) is 42.2 Å². The summed E-state index contributed by atoms with van der Waals surface area (Å²) in [4.78, 5) is 12.7. The minimum absolute atomic E-state index is 0.657. The second-order valence-corrected chi connectivity index (χ2v) is 5.65. The molecule has 22 heavy (non-hydrogen) atoms. The number of carbonyl (C=O) groups is 1. The molecule has 0 unspecified atom stereocenters. The zero-order valence-corrected chi connectivity index (χ0v) is 13.2. The summed E-state index contributed by atoms with van der Waals surface area (Å²) in [5, 5.41) is 8.75. The van der Waals surface area contributed by atoms with Crippen molar-refractivity contribution >= 4 is 11.7 Å². The smallest absolute Gasteiger partial charge is 0.328 e. The average Bonchev–Trinajstić information content (AvgIpc) is 2.47. The number of aliphatic carboxylic acids is 1. The van der Waals surface area contributed by atoms with Crippen LogP contribution in [0.25, 0.3) is 11.1 Å². The van der Waals surface area contributed by atoms with Gasteiger partial charge in [0.15, 0.2) is 0 Å². The maximum Gasteiger partial charge on any atom is 0.328 e. The summed E-state index contributed by atoms with van der Waals surface area (Å²) < 4.78 is 0. The molecule has 0 radical (unpaired) electrons. The van der Waals surface area contributed by atoms with Crippen LogP contribution in [0.2, 0.25) is 0 Å². The highest BCUT2D eigenvalue weighted by Crippen LogP contribution is 2.24. The summed E-state index contributed by atoms with van der Waals surface area (Å²) in [7, 11) is 4.06. The number of hydrogen-bond donors (Lipinski definition) is 1. The van der Waals surface area contributed by atoms with Crippen LogP contribution in [0.4, 0.5) is 5.69 Å². The third kappa shape index (κ3) is 4.22. The van der Waals surface area contributed by atoms with E-state index in [0.29, 0.717) is 6.42 Å². The zero-order chi connectivity index (χ0) is 16.1. The molecule has 2 aromatic carbocycles. The molecule has 0 aliphatic carbocycles. The molecular weight excluding hydrogens is 274 g/mol. The minimum Gasteiger partial charge on any atom is -0.478 e. The zero-order valence-electron chi connectivity index (χ0n) is 13.2. The molecule has 0 atom stereocenters. The largest absolute Gasteiger partial charge is 0.478 e. The van der Waals surface area contributed by atoms with Crippen molar-refractivity contribution in [1.82, 2.24) is 0 Å². The second-order valence-electron chi connectivity index (χ2n) is 5.65. The van der Waals surface area contributed by atoms with Gasteiger partial charge in [0.25, 0.3) is 0 Å². The first kappa shape index (κ1) is 15.8. The predicted molar refractivity (Wildman–Crippen MR) is 91.3 cm³/mol. The second kappa shape index (κ2) is 6.94. The van der Waals surface area contributed by atoms with Crippen LogP contribution in [-0.4, -0.2) is 25.2 Å². The van der Waals surface area contributed by atoms with E-state index >= 15 is 0 Å². The lowest BCUT2D eigenvalue weighted by atomic mass is 10.0. The Bertz CT molecular complexity index is 685. The van der Waals surface area contributed by atoms with Gasteiger partial charge in [0.2, 0.25) is 0 Å². The first-order valence-corrected chi connectivity index (χ1v) is 7.22. The molecule has 3 nitrogen and oxygen atoms in total. The maximum atomic E-state index is 10.6. The van der Waals surface area contributed by atoms with E-state index in [1.165, 1.54) is 17.3 Å². The number of rotatable bonds is 5. The third-order valence-corrected chi connectivity index (χ3v) is 3.50. The number of carboxylic acid groups (broad SMARTS) is 1. The Morgan fingerprint density at radius 3 is 2.36 bits per heavy atom. The molecule has 0 aliphatic heterocycles. The summed E-state index contributed by atoms with van der Waals surface area (Å²) in [5.41, 5.74) is 5.46. The van der Waals surface area contributed by atoms with Gasteiger partial charge in [0.1, 0.15) is 0 Å². The molecule has 0 saturated heterocycles. The molecule has 0 aromatic heterocycles. The Balaban J connectivity index is 2.18. The summed E-state index contributed by atoms with van der Waals surface area (Å²) in [6, 6.07) is 16.7. The van der Waals surface area contributed by atoms with Crippen molar-refractivity contribution in [2.24, 2.45) is 0 Å². The van der Waals surface area contributed by atoms with E-state index in [9.17, 15) is 4.79 Å². The lowest BCUT2D eigenvalue weighted by Crippen LogP contribution is -2.08. The molecule has 0 saturated carbocycles. The molecule has 0 amide bonds. The topological polar surface area (TPSA) is 40.5 Å². The quantitative estimate of drug-likeness (QED) is 0.848. The lowest BCUT2D eigenvalue weighted by Gasteiger charge is -2.14. The molecular formula is C19H21NO2. The third-order valence-electron chi connectivity index (χ3n) is 3.50. The Morgan fingerprint density at radius 1 is 1.09 bits per heavy atom. The van der Waals surface area contributed by atoms with E-state index in [1.54, 1.807) is 0 Å². The molecule has 2 aromatic rings. The fourth-order valence-electron chi connectivity index (χ4n) is 2.36. The van der Waals surface area contributed by atoms with Crippen LogP contribution in [0.5, 0.6) is 0 Å². The molecule has 0 aliphatic rings. The van der Waals surface area contributed by atoms with Crippen molar-refractivity contribution in [3.63, 3.8) is 0 Å². The average molecular weight is 295 g/mol. The van der Waals surface area contributed by atoms with E-state index in [1.807, 2.05) is 21.0 Å². The fourth-order valence-corrected chi connectivity index (χ4v) is 2.36. The molecule has 1 N–H and O–H groups in total. The van der Waals surface area contributed by atoms with Crippen LogP contribution in [0.3, 0.4) is 0 Å². The van der Waals surface area contributed by atoms with Gasteiger partial charge in [-0.3, -0.25) is 0 Å². The van der Waals surface area contributed by atoms with Crippen molar-refractivity contribution in [3.05, 3.63) is 65.7 Å². The summed E-state index contributed by atoms with van der Waals surface area (Å²) in [6.45, 7) is 1.84. The monoisotopic (exact) mass is 295 g/mol. The van der Waals surface area contributed by atoms with Crippen LogP contribution in [0.15, 0.2) is 60.2 Å². The molecule has 114 valence electrons. The molecule has 2 rings (SSSR count). The van der Waals surface area contributed by atoms with Crippen LogP contribution in [-0.2, 0) is 11.2 Å². The van der Waals surface area contributed by atoms with Gasteiger partial charge in [-0.15, -0.1) is 0 Å². The van der Waals surface area contributed by atoms with Crippen molar-refractivity contribution in [1.29, 1.82) is 0 Å². The van der Waals surface area contributed by atoms with Crippen LogP contribution < -0.4 is 4.90 Å².